The van der Waals surface area contributed by atoms with Crippen LogP contribution in [-0.2, 0) is 4.74 Å². The van der Waals surface area contributed by atoms with E-state index in [9.17, 15) is 4.79 Å². The van der Waals surface area contributed by atoms with Crippen molar-refractivity contribution >= 4 is 17.7 Å². The molecule has 0 saturated carbocycles. The normalized spacial score (nSPS) is 10.7. The Morgan fingerprint density at radius 3 is 2.53 bits per heavy atom. The van der Waals surface area contributed by atoms with Crippen molar-refractivity contribution in [3.05, 3.63) is 42.2 Å². The van der Waals surface area contributed by atoms with E-state index >= 15 is 0 Å². The first-order chi connectivity index (χ1) is 8.76. The van der Waals surface area contributed by atoms with Crippen LogP contribution in [0.25, 0.3) is 11.8 Å². The largest absolute Gasteiger partial charge is 0.488 e. The first-order valence-corrected chi connectivity index (χ1v) is 6.01. The van der Waals surface area contributed by atoms with Gasteiger partial charge in [0.05, 0.1) is 5.69 Å². The van der Waals surface area contributed by atoms with Gasteiger partial charge >= 0.3 is 0 Å². The molecule has 1 rings (SSSR count). The Kier molecular flexibility index (Phi) is 4.48. The Labute approximate surface area is 114 Å². The average molecular weight is 260 g/mol. The summed E-state index contributed by atoms with van der Waals surface area (Å²) in [5.41, 5.74) is 1.30. The van der Waals surface area contributed by atoms with Gasteiger partial charge in [0.15, 0.2) is 0 Å². The van der Waals surface area contributed by atoms with Crippen LogP contribution in [-0.4, -0.2) is 23.5 Å². The lowest BCUT2D eigenvalue weighted by Crippen LogP contribution is -2.21. The number of pyridine rings is 1. The molecule has 0 aliphatic heterocycles. The zero-order chi connectivity index (χ0) is 14.6. The molecule has 4 heteroatoms. The maximum absolute atomic E-state index is 11.7. The summed E-state index contributed by atoms with van der Waals surface area (Å²) in [4.78, 5) is 15.8. The molecule has 0 spiro atoms. The second-order valence-electron chi connectivity index (χ2n) is 5.09. The van der Waals surface area contributed by atoms with Gasteiger partial charge in [0.2, 0.25) is 0 Å². The Balaban J connectivity index is 3.17. The molecule has 0 bridgehead atoms. The molecule has 19 heavy (non-hydrogen) atoms. The van der Waals surface area contributed by atoms with Gasteiger partial charge in [-0.1, -0.05) is 13.2 Å². The van der Waals surface area contributed by atoms with Crippen molar-refractivity contribution < 1.29 is 9.53 Å². The zero-order valence-corrected chi connectivity index (χ0v) is 11.9. The third-order valence-electron chi connectivity index (χ3n) is 2.27. The summed E-state index contributed by atoms with van der Waals surface area (Å²) in [5, 5.41) is 2.54. The van der Waals surface area contributed by atoms with Crippen LogP contribution in [0, 0.1) is 0 Å². The first kappa shape index (κ1) is 15.0. The van der Waals surface area contributed by atoms with Crippen LogP contribution in [0.2, 0.25) is 0 Å². The summed E-state index contributed by atoms with van der Waals surface area (Å²) in [6, 6.07) is 3.44. The van der Waals surface area contributed by atoms with Crippen molar-refractivity contribution in [1.82, 2.24) is 10.3 Å². The molecule has 0 fully saturated rings. The van der Waals surface area contributed by atoms with Crippen LogP contribution < -0.4 is 5.32 Å². The molecule has 1 aromatic heterocycles. The number of amides is 1. The summed E-state index contributed by atoms with van der Waals surface area (Å²) < 4.78 is 5.70. The van der Waals surface area contributed by atoms with E-state index < -0.39 is 0 Å². The molecule has 0 unspecified atom stereocenters. The summed E-state index contributed by atoms with van der Waals surface area (Å²) in [6.07, 6.45) is 1.58. The number of rotatable bonds is 4. The number of nitrogens with zero attached hydrogens (tertiary/aromatic N) is 1. The van der Waals surface area contributed by atoms with Crippen molar-refractivity contribution in [2.45, 2.75) is 26.4 Å². The summed E-state index contributed by atoms with van der Waals surface area (Å²) in [5.74, 6) is 0.247. The smallest absolute Gasteiger partial charge is 0.269 e. The number of hydrogen-bond donors (Lipinski definition) is 1. The van der Waals surface area contributed by atoms with E-state index in [2.05, 4.69) is 23.5 Å². The third-order valence-corrected chi connectivity index (χ3v) is 2.27. The van der Waals surface area contributed by atoms with Crippen LogP contribution in [0.4, 0.5) is 0 Å². The van der Waals surface area contributed by atoms with E-state index in [0.29, 0.717) is 17.1 Å². The molecule has 4 nitrogen and oxygen atoms in total. The monoisotopic (exact) mass is 260 g/mol. The van der Waals surface area contributed by atoms with Crippen LogP contribution in [0.3, 0.4) is 0 Å². The van der Waals surface area contributed by atoms with Gasteiger partial charge < -0.3 is 10.1 Å². The van der Waals surface area contributed by atoms with E-state index in [1.165, 1.54) is 0 Å². The van der Waals surface area contributed by atoms with Crippen LogP contribution >= 0.6 is 0 Å². The lowest BCUT2D eigenvalue weighted by molar-refractivity contribution is 0.0957. The average Bonchev–Trinajstić information content (AvgIpc) is 2.35. The predicted octanol–water partition coefficient (Wildman–Crippen LogP) is 2.87. The number of carbonyl (C=O) groups excluding carboxylic acids is 1. The van der Waals surface area contributed by atoms with Gasteiger partial charge in [0.25, 0.3) is 5.91 Å². The van der Waals surface area contributed by atoms with Crippen molar-refractivity contribution in [2.75, 3.05) is 7.05 Å². The minimum absolute atomic E-state index is 0.256. The van der Waals surface area contributed by atoms with Gasteiger partial charge in [-0.3, -0.25) is 4.79 Å². The summed E-state index contributed by atoms with van der Waals surface area (Å²) in [7, 11) is 1.56. The molecule has 0 aromatic carbocycles. The maximum Gasteiger partial charge on any atom is 0.269 e. The predicted molar refractivity (Wildman–Crippen MR) is 77.6 cm³/mol. The van der Waals surface area contributed by atoms with Gasteiger partial charge in [0, 0.05) is 12.6 Å². The number of hydrogen-bond acceptors (Lipinski definition) is 3. The number of nitrogens with one attached hydrogen (secondary N) is 1. The molecule has 1 amide bonds. The summed E-state index contributed by atoms with van der Waals surface area (Å²) >= 11 is 0. The molecular formula is C15H20N2O2. The molecule has 102 valence electrons. The fraction of sp³-hybridized carbons (Fsp3) is 0.333. The van der Waals surface area contributed by atoms with Gasteiger partial charge in [0.1, 0.15) is 17.1 Å². The van der Waals surface area contributed by atoms with Crippen molar-refractivity contribution in [1.29, 1.82) is 0 Å². The molecule has 1 aromatic rings. The molecule has 1 heterocycles. The fourth-order valence-corrected chi connectivity index (χ4v) is 1.49. The second kappa shape index (κ2) is 5.69. The molecule has 0 aliphatic rings. The molecule has 0 atom stereocenters. The van der Waals surface area contributed by atoms with E-state index in [-0.39, 0.29) is 11.5 Å². The Morgan fingerprint density at radius 1 is 1.42 bits per heavy atom. The molecule has 0 saturated heterocycles. The minimum atomic E-state index is -0.345. The van der Waals surface area contributed by atoms with E-state index in [1.807, 2.05) is 20.8 Å². The Morgan fingerprint density at radius 2 is 2.05 bits per heavy atom. The van der Waals surface area contributed by atoms with Crippen LogP contribution in [0.1, 0.15) is 42.5 Å². The van der Waals surface area contributed by atoms with E-state index in [1.54, 1.807) is 25.3 Å². The Hall–Kier alpha value is -2.10. The topological polar surface area (TPSA) is 51.2 Å². The highest BCUT2D eigenvalue weighted by atomic mass is 16.5. The molecule has 1 N–H and O–H groups in total. The summed E-state index contributed by atoms with van der Waals surface area (Å²) in [6.45, 7) is 13.4. The first-order valence-electron chi connectivity index (χ1n) is 6.01. The molecule has 0 aliphatic carbocycles. The van der Waals surface area contributed by atoms with Crippen molar-refractivity contribution in [3.8, 4) is 0 Å². The van der Waals surface area contributed by atoms with Crippen molar-refractivity contribution in [3.63, 3.8) is 0 Å². The SMILES string of the molecule is C=Cc1cc(C(=C)OC(C)(C)C)cc(C(=O)NC)n1. The number of ether oxygens (including phenoxy) is 1. The van der Waals surface area contributed by atoms with Crippen LogP contribution in [0.5, 0.6) is 0 Å². The second-order valence-corrected chi connectivity index (χ2v) is 5.09. The quantitative estimate of drug-likeness (QED) is 0.847. The standard InChI is InChI=1S/C15H20N2O2/c1-7-12-8-11(10(2)19-15(3,4)5)9-13(17-12)14(18)16-6/h7-9H,1-2H2,3-6H3,(H,16,18). The lowest BCUT2D eigenvalue weighted by Gasteiger charge is -2.23. The zero-order valence-electron chi connectivity index (χ0n) is 11.9. The number of aromatic nitrogens is 1. The Bertz CT molecular complexity index is 513. The van der Waals surface area contributed by atoms with Gasteiger partial charge in [-0.15, -0.1) is 0 Å². The van der Waals surface area contributed by atoms with Gasteiger partial charge in [-0.05, 0) is 39.0 Å². The van der Waals surface area contributed by atoms with Gasteiger partial charge in [-0.2, -0.15) is 0 Å². The fourth-order valence-electron chi connectivity index (χ4n) is 1.49. The van der Waals surface area contributed by atoms with Gasteiger partial charge in [-0.25, -0.2) is 4.98 Å². The molecule has 0 radical (unpaired) electrons. The third kappa shape index (κ3) is 4.25. The highest BCUT2D eigenvalue weighted by Crippen LogP contribution is 2.22. The highest BCUT2D eigenvalue weighted by Gasteiger charge is 2.16. The van der Waals surface area contributed by atoms with E-state index in [4.69, 9.17) is 4.74 Å². The van der Waals surface area contributed by atoms with Crippen molar-refractivity contribution in [2.24, 2.45) is 0 Å². The highest BCUT2D eigenvalue weighted by molar-refractivity contribution is 5.93. The lowest BCUT2D eigenvalue weighted by atomic mass is 10.1. The number of carbonyl (C=O) groups is 1. The van der Waals surface area contributed by atoms with Crippen LogP contribution in [0.15, 0.2) is 25.3 Å². The molecular weight excluding hydrogens is 240 g/mol. The maximum atomic E-state index is 11.7. The minimum Gasteiger partial charge on any atom is -0.488 e. The van der Waals surface area contributed by atoms with E-state index in [0.717, 1.165) is 5.56 Å².